The molecule has 0 saturated heterocycles. The van der Waals surface area contributed by atoms with Crippen molar-refractivity contribution in [2.24, 2.45) is 0 Å². The number of nitro benzene ring substituents is 1. The van der Waals surface area contributed by atoms with Crippen molar-refractivity contribution in [1.82, 2.24) is 9.78 Å². The van der Waals surface area contributed by atoms with E-state index in [9.17, 15) is 19.3 Å². The van der Waals surface area contributed by atoms with Gasteiger partial charge in [0.1, 0.15) is 11.0 Å². The highest BCUT2D eigenvalue weighted by atomic mass is 35.5. The molecule has 0 radical (unpaired) electrons. The number of carbonyl (C=O) groups is 1. The summed E-state index contributed by atoms with van der Waals surface area (Å²) in [5.41, 5.74) is 0.672. The van der Waals surface area contributed by atoms with E-state index in [2.05, 4.69) is 17.3 Å². The van der Waals surface area contributed by atoms with Gasteiger partial charge >= 0.3 is 0 Å². The molecule has 1 N–H and O–H groups in total. The fraction of sp³-hybridized carbons (Fsp3) is 0.294. The summed E-state index contributed by atoms with van der Waals surface area (Å²) in [4.78, 5) is 22.1. The van der Waals surface area contributed by atoms with E-state index in [1.807, 2.05) is 0 Å². The van der Waals surface area contributed by atoms with Crippen LogP contribution in [-0.4, -0.2) is 20.6 Å². The number of aryl methyl sites for hydroxylation is 2. The van der Waals surface area contributed by atoms with Crippen LogP contribution in [0.2, 0.25) is 5.15 Å². The molecule has 0 bridgehead atoms. The SMILES string of the molecule is CCCCn1nc(C)c(/C=C/C(=O)Nc2cc([N+](=O)[O-])ccc2F)c1Cl. The number of benzene rings is 1. The maximum atomic E-state index is 13.7. The Labute approximate surface area is 154 Å². The number of aromatic nitrogens is 2. The summed E-state index contributed by atoms with van der Waals surface area (Å²) in [6.07, 6.45) is 4.59. The number of amides is 1. The fourth-order valence-corrected chi connectivity index (χ4v) is 2.59. The van der Waals surface area contributed by atoms with Gasteiger partial charge in [0.05, 0.1) is 16.3 Å². The molecule has 1 heterocycles. The molecule has 9 heteroatoms. The van der Waals surface area contributed by atoms with Gasteiger partial charge in [0.15, 0.2) is 0 Å². The van der Waals surface area contributed by atoms with Gasteiger partial charge in [-0.15, -0.1) is 0 Å². The second kappa shape index (κ2) is 8.57. The molecule has 2 rings (SSSR count). The van der Waals surface area contributed by atoms with Crippen molar-refractivity contribution in [2.75, 3.05) is 5.32 Å². The molecule has 0 aliphatic rings. The normalized spacial score (nSPS) is 11.1. The molecule has 1 aromatic carbocycles. The lowest BCUT2D eigenvalue weighted by atomic mass is 10.2. The largest absolute Gasteiger partial charge is 0.320 e. The minimum atomic E-state index is -0.765. The van der Waals surface area contributed by atoms with E-state index in [0.29, 0.717) is 23.0 Å². The van der Waals surface area contributed by atoms with Gasteiger partial charge in [-0.25, -0.2) is 4.39 Å². The van der Waals surface area contributed by atoms with Gasteiger partial charge < -0.3 is 5.32 Å². The predicted octanol–water partition coefficient (Wildman–Crippen LogP) is 4.34. The molecule has 1 amide bonds. The lowest BCUT2D eigenvalue weighted by molar-refractivity contribution is -0.384. The van der Waals surface area contributed by atoms with E-state index >= 15 is 0 Å². The van der Waals surface area contributed by atoms with E-state index in [0.717, 1.165) is 31.0 Å². The first kappa shape index (κ1) is 19.6. The topological polar surface area (TPSA) is 90.1 Å². The molecule has 0 spiro atoms. The quantitative estimate of drug-likeness (QED) is 0.439. The number of hydrogen-bond donors (Lipinski definition) is 1. The van der Waals surface area contributed by atoms with E-state index in [4.69, 9.17) is 11.6 Å². The number of non-ortho nitro benzene ring substituents is 1. The smallest absolute Gasteiger partial charge is 0.271 e. The first-order chi connectivity index (χ1) is 12.3. The number of carbonyl (C=O) groups excluding carboxylic acids is 1. The number of halogens is 2. The molecule has 0 unspecified atom stereocenters. The highest BCUT2D eigenvalue weighted by Crippen LogP contribution is 2.23. The number of rotatable bonds is 7. The second-order valence-electron chi connectivity index (χ2n) is 5.61. The van der Waals surface area contributed by atoms with Gasteiger partial charge in [-0.3, -0.25) is 19.6 Å². The lowest BCUT2D eigenvalue weighted by Gasteiger charge is -2.03. The van der Waals surface area contributed by atoms with Gasteiger partial charge in [0.25, 0.3) is 5.69 Å². The van der Waals surface area contributed by atoms with Gasteiger partial charge in [-0.1, -0.05) is 24.9 Å². The van der Waals surface area contributed by atoms with Crippen LogP contribution in [0.1, 0.15) is 31.0 Å². The van der Waals surface area contributed by atoms with Crippen molar-refractivity contribution in [2.45, 2.75) is 33.2 Å². The lowest BCUT2D eigenvalue weighted by Crippen LogP contribution is -2.09. The number of nitrogens with zero attached hydrogens (tertiary/aromatic N) is 3. The number of nitrogens with one attached hydrogen (secondary N) is 1. The van der Waals surface area contributed by atoms with Crippen molar-refractivity contribution in [1.29, 1.82) is 0 Å². The van der Waals surface area contributed by atoms with E-state index in [1.54, 1.807) is 11.6 Å². The zero-order valence-electron chi connectivity index (χ0n) is 14.3. The van der Waals surface area contributed by atoms with Crippen LogP contribution >= 0.6 is 11.6 Å². The molecule has 1 aromatic heterocycles. The van der Waals surface area contributed by atoms with E-state index in [-0.39, 0.29) is 11.4 Å². The molecule has 0 aliphatic heterocycles. The van der Waals surface area contributed by atoms with Crippen LogP contribution in [-0.2, 0) is 11.3 Å². The Morgan fingerprint density at radius 3 is 2.88 bits per heavy atom. The Hall–Kier alpha value is -2.74. The van der Waals surface area contributed by atoms with Crippen molar-refractivity contribution in [3.63, 3.8) is 0 Å². The average molecular weight is 381 g/mol. The van der Waals surface area contributed by atoms with Crippen molar-refractivity contribution >= 4 is 35.0 Å². The second-order valence-corrected chi connectivity index (χ2v) is 5.97. The summed E-state index contributed by atoms with van der Waals surface area (Å²) >= 11 is 6.27. The highest BCUT2D eigenvalue weighted by molar-refractivity contribution is 6.31. The van der Waals surface area contributed by atoms with Gasteiger partial charge in [0.2, 0.25) is 5.91 Å². The van der Waals surface area contributed by atoms with Crippen LogP contribution in [0.3, 0.4) is 0 Å². The van der Waals surface area contributed by atoms with Gasteiger partial charge in [0, 0.05) is 30.3 Å². The molecule has 7 nitrogen and oxygen atoms in total. The summed E-state index contributed by atoms with van der Waals surface area (Å²) in [6.45, 7) is 4.50. The number of anilines is 1. The van der Waals surface area contributed by atoms with Crippen LogP contribution in [0.15, 0.2) is 24.3 Å². The molecule has 2 aromatic rings. The standard InChI is InChI=1S/C17H18ClFN4O3/c1-3-4-9-22-17(18)13(11(2)21-22)6-8-16(24)20-15-10-12(23(25)26)5-7-14(15)19/h5-8,10H,3-4,9H2,1-2H3,(H,20,24)/b8-6+. The van der Waals surface area contributed by atoms with Crippen LogP contribution < -0.4 is 5.32 Å². The number of unbranched alkanes of at least 4 members (excludes halogenated alkanes) is 1. The zero-order chi connectivity index (χ0) is 19.3. The van der Waals surface area contributed by atoms with Crippen molar-refractivity contribution in [3.05, 3.63) is 56.6 Å². The third kappa shape index (κ3) is 4.66. The summed E-state index contributed by atoms with van der Waals surface area (Å²) < 4.78 is 15.4. The Morgan fingerprint density at radius 1 is 1.50 bits per heavy atom. The molecule has 0 fully saturated rings. The first-order valence-electron chi connectivity index (χ1n) is 7.99. The molecular formula is C17H18ClFN4O3. The van der Waals surface area contributed by atoms with Crippen LogP contribution in [0.25, 0.3) is 6.08 Å². The third-order valence-electron chi connectivity index (χ3n) is 3.65. The minimum absolute atomic E-state index is 0.268. The third-order valence-corrected chi connectivity index (χ3v) is 4.05. The molecule has 0 aliphatic carbocycles. The van der Waals surface area contributed by atoms with E-state index < -0.39 is 16.6 Å². The minimum Gasteiger partial charge on any atom is -0.320 e. The Bertz CT molecular complexity index is 864. The van der Waals surface area contributed by atoms with Gasteiger partial charge in [-0.2, -0.15) is 5.10 Å². The molecule has 26 heavy (non-hydrogen) atoms. The monoisotopic (exact) mass is 380 g/mol. The first-order valence-corrected chi connectivity index (χ1v) is 8.37. The maximum Gasteiger partial charge on any atom is 0.271 e. The summed E-state index contributed by atoms with van der Waals surface area (Å²) in [5.74, 6) is -1.40. The van der Waals surface area contributed by atoms with Crippen LogP contribution in [0.4, 0.5) is 15.8 Å². The zero-order valence-corrected chi connectivity index (χ0v) is 15.1. The summed E-state index contributed by atoms with van der Waals surface area (Å²) in [5, 5.41) is 17.8. The Balaban J connectivity index is 2.14. The Kier molecular flexibility index (Phi) is 6.46. The summed E-state index contributed by atoms with van der Waals surface area (Å²) in [6, 6.07) is 2.91. The fourth-order valence-electron chi connectivity index (χ4n) is 2.27. The summed E-state index contributed by atoms with van der Waals surface area (Å²) in [7, 11) is 0. The predicted molar refractivity (Wildman–Crippen MR) is 97.6 cm³/mol. The Morgan fingerprint density at radius 2 is 2.23 bits per heavy atom. The average Bonchev–Trinajstić information content (AvgIpc) is 2.86. The number of nitro groups is 1. The van der Waals surface area contributed by atoms with Crippen LogP contribution in [0.5, 0.6) is 0 Å². The number of hydrogen-bond acceptors (Lipinski definition) is 4. The van der Waals surface area contributed by atoms with Gasteiger partial charge in [-0.05, 0) is 25.5 Å². The van der Waals surface area contributed by atoms with Crippen molar-refractivity contribution < 1.29 is 14.1 Å². The molecule has 138 valence electrons. The van der Waals surface area contributed by atoms with Crippen LogP contribution in [0, 0.1) is 22.9 Å². The molecule has 0 saturated carbocycles. The van der Waals surface area contributed by atoms with E-state index in [1.165, 1.54) is 12.2 Å². The highest BCUT2D eigenvalue weighted by Gasteiger charge is 2.13. The maximum absolute atomic E-state index is 13.7. The van der Waals surface area contributed by atoms with Crippen molar-refractivity contribution in [3.8, 4) is 0 Å². The molecule has 0 atom stereocenters. The molecular weight excluding hydrogens is 363 g/mol.